The quantitative estimate of drug-likeness (QED) is 0.161. The van der Waals surface area contributed by atoms with Crippen molar-refractivity contribution in [2.45, 2.75) is 104 Å². The number of nitrogens with zero attached hydrogens (tertiary/aromatic N) is 2. The molecule has 0 fully saturated rings. The molecule has 6 heteroatoms. The fourth-order valence-electron chi connectivity index (χ4n) is 14.5. The highest BCUT2D eigenvalue weighted by atomic mass is 32.1. The van der Waals surface area contributed by atoms with Crippen molar-refractivity contribution in [3.05, 3.63) is 222 Å². The van der Waals surface area contributed by atoms with Crippen molar-refractivity contribution in [2.24, 2.45) is 0 Å². The van der Waals surface area contributed by atoms with Crippen LogP contribution in [0.4, 0.5) is 28.4 Å². The summed E-state index contributed by atoms with van der Waals surface area (Å²) in [6.45, 7) is 23.3. The fourth-order valence-corrected chi connectivity index (χ4v) is 15.8. The van der Waals surface area contributed by atoms with Crippen LogP contribution in [-0.4, -0.2) is 6.85 Å². The molecular formula is C78H67BN2O2S. The van der Waals surface area contributed by atoms with Gasteiger partial charge in [0.15, 0.2) is 5.58 Å². The Hall–Kier alpha value is -8.58. The van der Waals surface area contributed by atoms with Gasteiger partial charge in [-0.25, -0.2) is 0 Å². The summed E-state index contributed by atoms with van der Waals surface area (Å²) in [5.41, 5.74) is 25.2. The second-order valence-corrected chi connectivity index (χ2v) is 28.5. The molecule has 0 atom stereocenters. The molecule has 0 saturated carbocycles. The predicted molar refractivity (Wildman–Crippen MR) is 359 cm³/mol. The summed E-state index contributed by atoms with van der Waals surface area (Å²) in [6.07, 6.45) is 2.28. The lowest BCUT2D eigenvalue weighted by molar-refractivity contribution is 0.332. The lowest BCUT2D eigenvalue weighted by atomic mass is 9.43. The Kier molecular flexibility index (Phi) is 10.9. The maximum Gasteiger partial charge on any atom is 0.333 e. The minimum atomic E-state index is -0.302. The third-order valence-electron chi connectivity index (χ3n) is 19.2. The summed E-state index contributed by atoms with van der Waals surface area (Å²) < 4.78 is 16.0. The van der Waals surface area contributed by atoms with Gasteiger partial charge in [0.25, 0.3) is 0 Å². The van der Waals surface area contributed by atoms with Crippen LogP contribution in [0.15, 0.2) is 209 Å². The highest BCUT2D eigenvalue weighted by molar-refractivity contribution is 7.23. The Morgan fingerprint density at radius 3 is 1.74 bits per heavy atom. The highest BCUT2D eigenvalue weighted by Gasteiger charge is 2.48. The third-order valence-corrected chi connectivity index (χ3v) is 20.4. The van der Waals surface area contributed by atoms with Gasteiger partial charge in [0.1, 0.15) is 16.7 Å². The molecular weight excluding hydrogens is 1040 g/mol. The molecule has 0 spiro atoms. The Labute approximate surface area is 497 Å². The number of anilines is 5. The van der Waals surface area contributed by atoms with Gasteiger partial charge in [0.05, 0.1) is 11.4 Å². The number of rotatable bonds is 5. The molecule has 0 unspecified atom stereocenters. The van der Waals surface area contributed by atoms with Gasteiger partial charge in [-0.05, 0) is 157 Å². The van der Waals surface area contributed by atoms with E-state index in [4.69, 9.17) is 8.83 Å². The number of para-hydroxylation sites is 1. The van der Waals surface area contributed by atoms with E-state index in [9.17, 15) is 0 Å². The van der Waals surface area contributed by atoms with E-state index in [2.05, 4.69) is 279 Å². The van der Waals surface area contributed by atoms with Gasteiger partial charge in [0.2, 0.25) is 0 Å². The number of hydrogen-bond acceptors (Lipinski definition) is 5. The molecule has 0 saturated heterocycles. The summed E-state index contributed by atoms with van der Waals surface area (Å²) >= 11 is 1.90. The molecule has 0 amide bonds. The second-order valence-electron chi connectivity index (χ2n) is 27.5. The Morgan fingerprint density at radius 2 is 1.05 bits per heavy atom. The number of hydrogen-bond donors (Lipinski definition) is 0. The summed E-state index contributed by atoms with van der Waals surface area (Å²) in [7, 11) is 0. The summed E-state index contributed by atoms with van der Waals surface area (Å²) in [5.74, 6) is 0. The monoisotopic (exact) mass is 1110 g/mol. The first-order valence-corrected chi connectivity index (χ1v) is 30.9. The lowest BCUT2D eigenvalue weighted by Gasteiger charge is -2.46. The van der Waals surface area contributed by atoms with Crippen molar-refractivity contribution in [2.75, 3.05) is 9.71 Å². The van der Waals surface area contributed by atoms with Crippen molar-refractivity contribution in [1.29, 1.82) is 0 Å². The van der Waals surface area contributed by atoms with Crippen molar-refractivity contribution in [1.82, 2.24) is 0 Å². The zero-order chi connectivity index (χ0) is 57.3. The molecule has 410 valence electrons. The maximum atomic E-state index is 7.47. The van der Waals surface area contributed by atoms with E-state index < -0.39 is 0 Å². The third kappa shape index (κ3) is 7.65. The van der Waals surface area contributed by atoms with E-state index in [1.807, 2.05) is 11.3 Å². The van der Waals surface area contributed by atoms with Crippen molar-refractivity contribution in [3.63, 3.8) is 0 Å². The standard InChI is InChI=1S/C78H67BN2O2S/c1-75(2,3)49-30-33-51(34-31-49)81-64-45-68-55(56-41-60-61(43-67(56)82-68)78(9,10)37-36-77(60,7)8)39-54(64)57-40-58-52-28-20-21-29-66(52)83-73(58)72-71(57)79(81)62-44-69-59(70(47-24-16-12-17-25-47)74(84-69)48-26-18-13-19-27-48)42-65(62)80(72)63-35-32-50(76(4,5)6)38-53(63)46-22-14-11-15-23-46/h11-35,38-45H,36-37H2,1-10H3. The van der Waals surface area contributed by atoms with E-state index in [0.717, 1.165) is 85.3 Å². The van der Waals surface area contributed by atoms with Crippen LogP contribution in [0.1, 0.15) is 104 Å². The van der Waals surface area contributed by atoms with Crippen LogP contribution in [0.3, 0.4) is 0 Å². The summed E-state index contributed by atoms with van der Waals surface area (Å²) in [6, 6.07) is 75.7. The van der Waals surface area contributed by atoms with E-state index in [1.54, 1.807) is 0 Å². The second kappa shape index (κ2) is 18.0. The van der Waals surface area contributed by atoms with Crippen LogP contribution in [0.25, 0.3) is 97.8 Å². The number of benzene rings is 10. The van der Waals surface area contributed by atoms with Crippen LogP contribution in [0, 0.1) is 0 Å². The smallest absolute Gasteiger partial charge is 0.333 e. The molecule has 16 rings (SSSR count). The SMILES string of the molecule is CC(C)(C)c1ccc(N2B3c4cc5sc(-c6ccccc6)c(-c6ccccc6)c5cc4N(c4ccc(C(C)(C)C)cc4-c4ccccc4)c4c3c(cc3c4oc4ccccc43)-c3cc4c(cc32)oc2cc3c(cc24)C(C)(C)CCC3(C)C)cc1. The van der Waals surface area contributed by atoms with Crippen LogP contribution >= 0.6 is 11.3 Å². The highest BCUT2D eigenvalue weighted by Crippen LogP contribution is 2.56. The van der Waals surface area contributed by atoms with Gasteiger partial charge >= 0.3 is 6.85 Å². The van der Waals surface area contributed by atoms with Crippen LogP contribution in [0.5, 0.6) is 0 Å². The molecule has 4 nitrogen and oxygen atoms in total. The minimum Gasteiger partial charge on any atom is -0.456 e. The van der Waals surface area contributed by atoms with E-state index in [0.29, 0.717) is 0 Å². The first-order valence-electron chi connectivity index (χ1n) is 30.0. The molecule has 10 aromatic carbocycles. The van der Waals surface area contributed by atoms with Gasteiger partial charge in [0, 0.05) is 76.3 Å². The normalized spacial score (nSPS) is 15.3. The zero-order valence-electron chi connectivity index (χ0n) is 49.7. The molecule has 0 radical (unpaired) electrons. The van der Waals surface area contributed by atoms with Gasteiger partial charge in [-0.15, -0.1) is 11.3 Å². The summed E-state index contributed by atoms with van der Waals surface area (Å²) in [5, 5.41) is 5.72. The fraction of sp³-hybridized carbons (Fsp3) is 0.205. The molecule has 84 heavy (non-hydrogen) atoms. The Morgan fingerprint density at radius 1 is 0.452 bits per heavy atom. The van der Waals surface area contributed by atoms with Gasteiger partial charge in [-0.1, -0.05) is 197 Å². The molecule has 1 aliphatic carbocycles. The minimum absolute atomic E-state index is 0.0325. The Bertz CT molecular complexity index is 4860. The largest absolute Gasteiger partial charge is 0.456 e. The molecule has 0 bridgehead atoms. The van der Waals surface area contributed by atoms with E-state index in [1.165, 1.54) is 86.9 Å². The van der Waals surface area contributed by atoms with Crippen LogP contribution in [0.2, 0.25) is 0 Å². The number of fused-ring (bicyclic) bond motifs is 13. The van der Waals surface area contributed by atoms with Crippen LogP contribution in [-0.2, 0) is 21.7 Å². The van der Waals surface area contributed by atoms with Gasteiger partial charge < -0.3 is 18.5 Å². The average Bonchev–Trinajstić information content (AvgIpc) is 1.23. The maximum absolute atomic E-state index is 7.47. The van der Waals surface area contributed by atoms with Crippen molar-refractivity contribution >= 4 is 112 Å². The topological polar surface area (TPSA) is 32.8 Å². The summed E-state index contributed by atoms with van der Waals surface area (Å²) in [4.78, 5) is 6.53. The molecule has 13 aromatic rings. The first-order chi connectivity index (χ1) is 40.4. The number of furan rings is 2. The molecule has 0 N–H and O–H groups in total. The predicted octanol–water partition coefficient (Wildman–Crippen LogP) is 21.4. The van der Waals surface area contributed by atoms with E-state index >= 15 is 0 Å². The van der Waals surface area contributed by atoms with Crippen molar-refractivity contribution < 1.29 is 8.83 Å². The first kappa shape index (κ1) is 51.1. The van der Waals surface area contributed by atoms with Crippen molar-refractivity contribution in [3.8, 4) is 43.8 Å². The Balaban J connectivity index is 1.09. The lowest BCUT2D eigenvalue weighted by Crippen LogP contribution is -2.61. The van der Waals surface area contributed by atoms with Gasteiger partial charge in [-0.2, -0.15) is 0 Å². The van der Waals surface area contributed by atoms with Gasteiger partial charge in [-0.3, -0.25) is 0 Å². The van der Waals surface area contributed by atoms with E-state index in [-0.39, 0.29) is 28.5 Å². The molecule has 3 aliphatic rings. The molecule has 3 aromatic heterocycles. The zero-order valence-corrected chi connectivity index (χ0v) is 50.5. The molecule has 5 heterocycles. The molecule has 2 aliphatic heterocycles. The number of thiophene rings is 1. The van der Waals surface area contributed by atoms with Crippen LogP contribution < -0.4 is 20.6 Å². The average molecular weight is 1110 g/mol.